The van der Waals surface area contributed by atoms with Gasteiger partial charge in [0, 0.05) is 42.7 Å². The minimum absolute atomic E-state index is 0.0250. The molecular weight excluding hydrogens is 508 g/mol. The second-order valence-corrected chi connectivity index (χ2v) is 11.4. The maximum absolute atomic E-state index is 14.3. The molecule has 6 nitrogen and oxygen atoms in total. The summed E-state index contributed by atoms with van der Waals surface area (Å²) in [6.45, 7) is 2.71. The summed E-state index contributed by atoms with van der Waals surface area (Å²) in [5.74, 6) is -0.0429. The number of para-hydroxylation sites is 1. The van der Waals surface area contributed by atoms with Crippen molar-refractivity contribution in [3.63, 3.8) is 0 Å². The fourth-order valence-corrected chi connectivity index (χ4v) is 7.31. The Morgan fingerprint density at radius 1 is 1.17 bits per heavy atom. The van der Waals surface area contributed by atoms with Gasteiger partial charge in [-0.1, -0.05) is 53.4 Å². The van der Waals surface area contributed by atoms with Gasteiger partial charge in [-0.05, 0) is 24.5 Å². The van der Waals surface area contributed by atoms with Crippen LogP contribution in [0.3, 0.4) is 0 Å². The highest BCUT2D eigenvalue weighted by atomic mass is 79.9. The molecule has 0 aromatic heterocycles. The molecule has 4 rings (SSSR count). The van der Waals surface area contributed by atoms with Crippen LogP contribution in [-0.2, 0) is 24.5 Å². The number of hydrogen-bond acceptors (Lipinski definition) is 4. The van der Waals surface area contributed by atoms with Crippen LogP contribution < -0.4 is 4.90 Å². The smallest absolute Gasteiger partial charge is 0.337 e. The van der Waals surface area contributed by atoms with E-state index < -0.39 is 5.41 Å². The molecule has 1 spiro atoms. The number of fused-ring (bicyclic) bond motifs is 4. The summed E-state index contributed by atoms with van der Waals surface area (Å²) in [5.41, 5.74) is 2.34. The van der Waals surface area contributed by atoms with Gasteiger partial charge in [0.2, 0.25) is 5.91 Å². The summed E-state index contributed by atoms with van der Waals surface area (Å²) in [4.78, 5) is 29.0. The van der Waals surface area contributed by atoms with E-state index in [0.29, 0.717) is 5.57 Å². The molecule has 0 aliphatic carbocycles. The Balaban J connectivity index is 1.61. The van der Waals surface area contributed by atoms with Crippen molar-refractivity contribution in [3.05, 3.63) is 41.7 Å². The van der Waals surface area contributed by atoms with Gasteiger partial charge in [-0.25, -0.2) is 4.79 Å². The molecule has 0 bridgehead atoms. The predicted molar refractivity (Wildman–Crippen MR) is 142 cm³/mol. The van der Waals surface area contributed by atoms with Crippen molar-refractivity contribution in [3.8, 4) is 0 Å². The lowest BCUT2D eigenvalue weighted by Crippen LogP contribution is -2.60. The molecule has 3 aliphatic heterocycles. The van der Waals surface area contributed by atoms with E-state index in [2.05, 4.69) is 52.1 Å². The molecule has 3 aliphatic rings. The molecule has 1 aromatic carbocycles. The number of likely N-dealkylation sites (N-methyl/N-ethyl adjacent to an activating group) is 1. The Labute approximate surface area is 218 Å². The summed E-state index contributed by atoms with van der Waals surface area (Å²) in [6.07, 6.45) is 9.90. The normalized spacial score (nSPS) is 29.9. The quantitative estimate of drug-likeness (QED) is 0.104. The number of carbonyl (C=O) groups is 2. The van der Waals surface area contributed by atoms with Gasteiger partial charge in [0.15, 0.2) is 0 Å². The first-order chi connectivity index (χ1) is 16.9. The second kappa shape index (κ2) is 11.0. The van der Waals surface area contributed by atoms with Crippen molar-refractivity contribution in [1.29, 1.82) is 0 Å². The molecule has 35 heavy (non-hydrogen) atoms. The average molecular weight is 549 g/mol. The van der Waals surface area contributed by atoms with Crippen molar-refractivity contribution < 1.29 is 23.5 Å². The molecular formula is C28H40BrN2O4+. The molecule has 7 heteroatoms. The number of esters is 1. The minimum Gasteiger partial charge on any atom is -0.504 e. The van der Waals surface area contributed by atoms with Gasteiger partial charge in [0.05, 0.1) is 46.2 Å². The highest BCUT2D eigenvalue weighted by Crippen LogP contribution is 2.56. The van der Waals surface area contributed by atoms with Crippen molar-refractivity contribution in [2.45, 2.75) is 62.8 Å². The first-order valence-corrected chi connectivity index (χ1v) is 14.2. The van der Waals surface area contributed by atoms with Gasteiger partial charge in [0.25, 0.3) is 0 Å². The van der Waals surface area contributed by atoms with Crippen LogP contribution in [0.4, 0.5) is 5.69 Å². The number of benzene rings is 1. The fourth-order valence-electron chi connectivity index (χ4n) is 6.92. The molecule has 3 heterocycles. The zero-order chi connectivity index (χ0) is 25.1. The molecule has 0 saturated carbocycles. The maximum Gasteiger partial charge on any atom is 0.337 e. The van der Waals surface area contributed by atoms with Crippen molar-refractivity contribution in [2.75, 3.05) is 51.1 Å². The van der Waals surface area contributed by atoms with Gasteiger partial charge in [-0.15, -0.1) is 0 Å². The molecule has 2 saturated heterocycles. The molecule has 0 N–H and O–H groups in total. The molecule has 4 atom stereocenters. The Morgan fingerprint density at radius 2 is 1.91 bits per heavy atom. The molecule has 1 aromatic rings. The number of hydrogen-bond donors (Lipinski definition) is 0. The van der Waals surface area contributed by atoms with Gasteiger partial charge in [-0.2, -0.15) is 0 Å². The molecule has 2 fully saturated rings. The van der Waals surface area contributed by atoms with Crippen LogP contribution in [0.15, 0.2) is 36.1 Å². The molecule has 0 radical (unpaired) electrons. The number of piperidine rings is 1. The van der Waals surface area contributed by atoms with Crippen LogP contribution in [0.5, 0.6) is 0 Å². The predicted octanol–water partition coefficient (Wildman–Crippen LogP) is 4.95. The Bertz CT molecular complexity index is 966. The van der Waals surface area contributed by atoms with Crippen LogP contribution in [0.2, 0.25) is 0 Å². The van der Waals surface area contributed by atoms with E-state index in [1.165, 1.54) is 31.9 Å². The molecule has 192 valence electrons. The van der Waals surface area contributed by atoms with Crippen molar-refractivity contribution in [2.24, 2.45) is 5.92 Å². The van der Waals surface area contributed by atoms with E-state index >= 15 is 0 Å². The minimum atomic E-state index is -0.520. The van der Waals surface area contributed by atoms with E-state index in [1.54, 1.807) is 13.4 Å². The van der Waals surface area contributed by atoms with E-state index in [4.69, 9.17) is 9.47 Å². The highest BCUT2D eigenvalue weighted by Gasteiger charge is 2.67. The number of unbranched alkanes of at least 4 members (excludes halogenated alkanes) is 4. The van der Waals surface area contributed by atoms with Crippen LogP contribution in [-0.4, -0.2) is 68.6 Å². The van der Waals surface area contributed by atoms with Gasteiger partial charge in [0.1, 0.15) is 11.5 Å². The van der Waals surface area contributed by atoms with E-state index in [-0.39, 0.29) is 23.8 Å². The topological polar surface area (TPSA) is 55.8 Å². The Hall–Kier alpha value is -1.86. The van der Waals surface area contributed by atoms with Crippen molar-refractivity contribution >= 4 is 33.5 Å². The lowest BCUT2D eigenvalue weighted by molar-refractivity contribution is -0.928. The van der Waals surface area contributed by atoms with Crippen molar-refractivity contribution in [1.82, 2.24) is 0 Å². The standard InChI is InChI=1S/C28H40BrN2O4/c1-31-17-13-21(22(20-34-2)26(32)35-3)19-25(31)28(14-18-31)23-11-7-8-12-24(23)30(27(28)33)16-10-6-4-5-9-15-29/h7-8,11-12,20-21,25H,4-6,9-10,13-19H2,1-3H3/q+1. The Morgan fingerprint density at radius 3 is 2.66 bits per heavy atom. The third-order valence-corrected chi connectivity index (χ3v) is 9.32. The summed E-state index contributed by atoms with van der Waals surface area (Å²) in [5, 5.41) is 1.06. The lowest BCUT2D eigenvalue weighted by atomic mass is 9.69. The first kappa shape index (κ1) is 26.2. The SMILES string of the molecule is COC=C(C(=O)OC)C1CC[N+]2(C)CCC3(C(=O)N(CCCCCCCBr)c4ccccc43)C2C1. The van der Waals surface area contributed by atoms with Gasteiger partial charge in [-0.3, -0.25) is 4.79 Å². The maximum atomic E-state index is 14.3. The average Bonchev–Trinajstić information content (AvgIpc) is 3.31. The number of nitrogens with zero attached hydrogens (tertiary/aromatic N) is 2. The highest BCUT2D eigenvalue weighted by molar-refractivity contribution is 9.09. The Kier molecular flexibility index (Phi) is 8.26. The summed E-state index contributed by atoms with van der Waals surface area (Å²) < 4.78 is 11.2. The number of methoxy groups -OCH3 is 2. The third-order valence-electron chi connectivity index (χ3n) is 8.76. The number of amides is 1. The van der Waals surface area contributed by atoms with Gasteiger partial charge >= 0.3 is 5.97 Å². The van der Waals surface area contributed by atoms with E-state index in [9.17, 15) is 9.59 Å². The van der Waals surface area contributed by atoms with Crippen LogP contribution >= 0.6 is 15.9 Å². The second-order valence-electron chi connectivity index (χ2n) is 10.6. The number of halogens is 1. The summed E-state index contributed by atoms with van der Waals surface area (Å²) in [7, 11) is 5.29. The van der Waals surface area contributed by atoms with Gasteiger partial charge < -0.3 is 18.9 Å². The number of anilines is 1. The number of quaternary nitrogens is 1. The zero-order valence-electron chi connectivity index (χ0n) is 21.4. The van der Waals surface area contributed by atoms with Crippen LogP contribution in [0.25, 0.3) is 0 Å². The number of alkyl halides is 1. The monoisotopic (exact) mass is 547 g/mol. The van der Waals surface area contributed by atoms with E-state index in [0.717, 1.165) is 67.2 Å². The first-order valence-electron chi connectivity index (χ1n) is 13.1. The summed E-state index contributed by atoms with van der Waals surface area (Å²) >= 11 is 3.51. The number of carbonyl (C=O) groups excluding carboxylic acids is 2. The molecule has 1 amide bonds. The fraction of sp³-hybridized carbons (Fsp3) is 0.643. The van der Waals surface area contributed by atoms with Crippen LogP contribution in [0.1, 0.15) is 56.9 Å². The lowest BCUT2D eigenvalue weighted by Gasteiger charge is -2.46. The molecule has 4 unspecified atom stereocenters. The zero-order valence-corrected chi connectivity index (χ0v) is 23.0. The largest absolute Gasteiger partial charge is 0.504 e. The third kappa shape index (κ3) is 4.66. The number of rotatable bonds is 10. The van der Waals surface area contributed by atoms with Crippen LogP contribution in [0, 0.1) is 5.92 Å². The van der Waals surface area contributed by atoms with E-state index in [1.807, 2.05) is 0 Å². The number of ether oxygens (including phenoxy) is 2. The summed E-state index contributed by atoms with van der Waals surface area (Å²) in [6, 6.07) is 8.56.